The number of amides is 1. The van der Waals surface area contributed by atoms with Crippen molar-refractivity contribution in [2.24, 2.45) is 0 Å². The molecule has 2 aromatic rings. The van der Waals surface area contributed by atoms with Crippen molar-refractivity contribution in [2.75, 3.05) is 26.2 Å². The van der Waals surface area contributed by atoms with Crippen LogP contribution in [0, 0.1) is 0 Å². The van der Waals surface area contributed by atoms with Gasteiger partial charge in [0.2, 0.25) is 0 Å². The van der Waals surface area contributed by atoms with Crippen molar-refractivity contribution in [1.29, 1.82) is 0 Å². The molecule has 138 valence electrons. The lowest BCUT2D eigenvalue weighted by Crippen LogP contribution is -2.47. The maximum atomic E-state index is 13.0. The molecule has 2 aliphatic heterocycles. The molecule has 1 aromatic carbocycles. The predicted octanol–water partition coefficient (Wildman–Crippen LogP) is 2.40. The highest BCUT2D eigenvalue weighted by molar-refractivity contribution is 5.92. The van der Waals surface area contributed by atoms with Crippen molar-refractivity contribution in [3.05, 3.63) is 47.8 Å². The molecule has 2 fully saturated rings. The van der Waals surface area contributed by atoms with E-state index in [0.717, 1.165) is 51.9 Å². The summed E-state index contributed by atoms with van der Waals surface area (Å²) in [5.74, 6) is 0.00652. The first-order chi connectivity index (χ1) is 12.7. The molecule has 0 bridgehead atoms. The summed E-state index contributed by atoms with van der Waals surface area (Å²) in [5, 5.41) is 11.8. The summed E-state index contributed by atoms with van der Waals surface area (Å²) in [4.78, 5) is 15.0. The van der Waals surface area contributed by atoms with Crippen LogP contribution in [0.25, 0.3) is 0 Å². The van der Waals surface area contributed by atoms with E-state index in [9.17, 15) is 4.79 Å². The molecule has 1 N–H and O–H groups in total. The molecule has 0 aliphatic carbocycles. The molecule has 3 heterocycles. The van der Waals surface area contributed by atoms with Gasteiger partial charge < -0.3 is 10.2 Å². The normalized spacial score (nSPS) is 24.6. The second-order valence-electron chi connectivity index (χ2n) is 7.82. The topological polar surface area (TPSA) is 63.1 Å². The first-order valence-electron chi connectivity index (χ1n) is 9.63. The lowest BCUT2D eigenvalue weighted by molar-refractivity contribution is 0.0645. The van der Waals surface area contributed by atoms with Gasteiger partial charge in [-0.1, -0.05) is 42.5 Å². The van der Waals surface area contributed by atoms with E-state index in [1.165, 1.54) is 5.56 Å². The van der Waals surface area contributed by atoms with Crippen LogP contribution in [0.1, 0.15) is 54.7 Å². The van der Waals surface area contributed by atoms with Gasteiger partial charge in [-0.3, -0.25) is 4.79 Å². The fraction of sp³-hybridized carbons (Fsp3) is 0.550. The number of nitrogens with one attached hydrogen (secondary N) is 1. The second-order valence-corrected chi connectivity index (χ2v) is 7.82. The number of nitrogens with zero attached hydrogens (tertiary/aromatic N) is 4. The molecule has 0 radical (unpaired) electrons. The minimum Gasteiger partial charge on any atom is -0.336 e. The van der Waals surface area contributed by atoms with Crippen molar-refractivity contribution in [3.63, 3.8) is 0 Å². The number of hydrogen-bond donors (Lipinski definition) is 1. The molecule has 1 amide bonds. The fourth-order valence-electron chi connectivity index (χ4n) is 4.28. The van der Waals surface area contributed by atoms with Crippen LogP contribution >= 0.6 is 0 Å². The maximum Gasteiger partial charge on any atom is 0.276 e. The zero-order chi connectivity index (χ0) is 18.0. The Morgan fingerprint density at radius 3 is 2.77 bits per heavy atom. The van der Waals surface area contributed by atoms with E-state index in [1.807, 2.05) is 21.8 Å². The number of rotatable bonds is 3. The summed E-state index contributed by atoms with van der Waals surface area (Å²) >= 11 is 0. The van der Waals surface area contributed by atoms with Gasteiger partial charge in [0.05, 0.1) is 12.2 Å². The zero-order valence-corrected chi connectivity index (χ0v) is 15.4. The van der Waals surface area contributed by atoms with Gasteiger partial charge in [0.15, 0.2) is 5.69 Å². The summed E-state index contributed by atoms with van der Waals surface area (Å²) in [6.07, 6.45) is 6.02. The Labute approximate surface area is 154 Å². The third kappa shape index (κ3) is 3.38. The molecule has 26 heavy (non-hydrogen) atoms. The first kappa shape index (κ1) is 17.2. The van der Waals surface area contributed by atoms with Crippen molar-refractivity contribution >= 4 is 5.91 Å². The van der Waals surface area contributed by atoms with Gasteiger partial charge >= 0.3 is 0 Å². The Kier molecular flexibility index (Phi) is 4.76. The highest BCUT2D eigenvalue weighted by atomic mass is 16.2. The first-order valence-corrected chi connectivity index (χ1v) is 9.63. The molecule has 2 saturated heterocycles. The molecule has 6 heteroatoms. The molecule has 0 spiro atoms. The quantitative estimate of drug-likeness (QED) is 0.920. The highest BCUT2D eigenvalue weighted by Gasteiger charge is 2.35. The van der Waals surface area contributed by atoms with Gasteiger partial charge in [0.1, 0.15) is 0 Å². The smallest absolute Gasteiger partial charge is 0.276 e. The Balaban J connectivity index is 1.48. The minimum absolute atomic E-state index is 0.000202. The summed E-state index contributed by atoms with van der Waals surface area (Å²) in [6.45, 7) is 5.77. The summed E-state index contributed by atoms with van der Waals surface area (Å²) < 4.78 is 1.88. The highest BCUT2D eigenvalue weighted by Crippen LogP contribution is 2.34. The Morgan fingerprint density at radius 1 is 1.23 bits per heavy atom. The van der Waals surface area contributed by atoms with E-state index in [-0.39, 0.29) is 11.3 Å². The van der Waals surface area contributed by atoms with Crippen molar-refractivity contribution < 1.29 is 4.79 Å². The van der Waals surface area contributed by atoms with E-state index < -0.39 is 0 Å². The molecule has 1 atom stereocenters. The van der Waals surface area contributed by atoms with Gasteiger partial charge in [-0.25, -0.2) is 4.68 Å². The fourth-order valence-corrected chi connectivity index (χ4v) is 4.28. The van der Waals surface area contributed by atoms with Gasteiger partial charge in [0, 0.05) is 18.5 Å². The Morgan fingerprint density at radius 2 is 2.00 bits per heavy atom. The number of hydrogen-bond acceptors (Lipinski definition) is 4. The molecule has 2 aliphatic rings. The minimum atomic E-state index is 0.000202. The summed E-state index contributed by atoms with van der Waals surface area (Å²) in [7, 11) is 0. The molecule has 4 rings (SSSR count). The largest absolute Gasteiger partial charge is 0.336 e. The average Bonchev–Trinajstić information content (AvgIpc) is 3.19. The molecular weight excluding hydrogens is 326 g/mol. The van der Waals surface area contributed by atoms with E-state index in [0.29, 0.717) is 11.7 Å². The average molecular weight is 353 g/mol. The van der Waals surface area contributed by atoms with Gasteiger partial charge in [0.25, 0.3) is 5.91 Å². The molecule has 0 saturated carbocycles. The van der Waals surface area contributed by atoms with E-state index in [1.54, 1.807) is 0 Å². The molecular formula is C20H27N5O. The molecule has 1 unspecified atom stereocenters. The van der Waals surface area contributed by atoms with Crippen LogP contribution in [0.15, 0.2) is 36.5 Å². The molecule has 1 aromatic heterocycles. The standard InChI is InChI=1S/C20H27N5O/c1-20(16-6-3-2-4-7-16)10-5-13-24(15-20)19(26)18-14-25(23-22-18)17-8-11-21-12-9-17/h2-4,6-7,14,17,21H,5,8-13,15H2,1H3. The lowest BCUT2D eigenvalue weighted by Gasteiger charge is -2.40. The number of piperidine rings is 2. The number of carbonyl (C=O) groups excluding carboxylic acids is 1. The monoisotopic (exact) mass is 353 g/mol. The van der Waals surface area contributed by atoms with Crippen LogP contribution < -0.4 is 5.32 Å². The second kappa shape index (κ2) is 7.19. The SMILES string of the molecule is CC1(c2ccccc2)CCCN(C(=O)c2cn(C3CCNCC3)nn2)C1. The van der Waals surface area contributed by atoms with Crippen LogP contribution in [0.4, 0.5) is 0 Å². The predicted molar refractivity (Wildman–Crippen MR) is 100 cm³/mol. The van der Waals surface area contributed by atoms with E-state index in [4.69, 9.17) is 0 Å². The van der Waals surface area contributed by atoms with E-state index >= 15 is 0 Å². The zero-order valence-electron chi connectivity index (χ0n) is 15.4. The lowest BCUT2D eigenvalue weighted by atomic mass is 9.76. The van der Waals surface area contributed by atoms with Crippen LogP contribution in [0.5, 0.6) is 0 Å². The van der Waals surface area contributed by atoms with Crippen LogP contribution in [0.3, 0.4) is 0 Å². The number of benzene rings is 1. The van der Waals surface area contributed by atoms with Crippen LogP contribution in [0.2, 0.25) is 0 Å². The summed E-state index contributed by atoms with van der Waals surface area (Å²) in [6, 6.07) is 10.9. The number of aromatic nitrogens is 3. The number of carbonyl (C=O) groups is 1. The van der Waals surface area contributed by atoms with Gasteiger partial charge in [-0.05, 0) is 44.3 Å². The van der Waals surface area contributed by atoms with Crippen molar-refractivity contribution in [3.8, 4) is 0 Å². The van der Waals surface area contributed by atoms with Gasteiger partial charge in [-0.2, -0.15) is 0 Å². The van der Waals surface area contributed by atoms with Crippen LogP contribution in [-0.2, 0) is 5.41 Å². The van der Waals surface area contributed by atoms with Crippen molar-refractivity contribution in [2.45, 2.75) is 44.1 Å². The summed E-state index contributed by atoms with van der Waals surface area (Å²) in [5.41, 5.74) is 1.77. The Bertz CT molecular complexity index is 753. The van der Waals surface area contributed by atoms with Crippen molar-refractivity contribution in [1.82, 2.24) is 25.2 Å². The van der Waals surface area contributed by atoms with Crippen LogP contribution in [-0.4, -0.2) is 52.0 Å². The number of likely N-dealkylation sites (tertiary alicyclic amines) is 1. The van der Waals surface area contributed by atoms with E-state index in [2.05, 4.69) is 46.8 Å². The third-order valence-corrected chi connectivity index (χ3v) is 5.87. The maximum absolute atomic E-state index is 13.0. The third-order valence-electron chi connectivity index (χ3n) is 5.87. The molecule has 6 nitrogen and oxygen atoms in total. The Hall–Kier alpha value is -2.21. The van der Waals surface area contributed by atoms with Gasteiger partial charge in [-0.15, -0.1) is 5.10 Å².